The molecule has 1 aromatic carbocycles. The van der Waals surface area contributed by atoms with Gasteiger partial charge in [0.25, 0.3) is 5.91 Å². The number of hydrogen-bond acceptors (Lipinski definition) is 2. The predicted octanol–water partition coefficient (Wildman–Crippen LogP) is 2.55. The highest BCUT2D eigenvalue weighted by Gasteiger charge is 2.25. The zero-order valence-electron chi connectivity index (χ0n) is 11.0. The van der Waals surface area contributed by atoms with Crippen LogP contribution in [0.2, 0.25) is 5.02 Å². The molecular formula is C14H18ClFN2O. The van der Waals surface area contributed by atoms with Gasteiger partial charge in [-0.3, -0.25) is 4.79 Å². The lowest BCUT2D eigenvalue weighted by Crippen LogP contribution is -2.40. The summed E-state index contributed by atoms with van der Waals surface area (Å²) in [4.78, 5) is 14.1. The Balaban J connectivity index is 2.03. The van der Waals surface area contributed by atoms with Crippen LogP contribution in [0.5, 0.6) is 0 Å². The fourth-order valence-electron chi connectivity index (χ4n) is 2.47. The van der Waals surface area contributed by atoms with Crippen LogP contribution in [-0.2, 0) is 0 Å². The van der Waals surface area contributed by atoms with E-state index in [4.69, 9.17) is 11.6 Å². The van der Waals surface area contributed by atoms with E-state index in [1.807, 2.05) is 7.05 Å². The molecule has 1 aliphatic heterocycles. The Morgan fingerprint density at radius 2 is 2.16 bits per heavy atom. The van der Waals surface area contributed by atoms with Gasteiger partial charge >= 0.3 is 0 Å². The second-order valence-corrected chi connectivity index (χ2v) is 5.27. The Kier molecular flexibility index (Phi) is 4.77. The molecule has 1 N–H and O–H groups in total. The number of hydrogen-bond donors (Lipinski definition) is 1. The largest absolute Gasteiger partial charge is 0.339 e. The fraction of sp³-hybridized carbons (Fsp3) is 0.500. The number of benzene rings is 1. The van der Waals surface area contributed by atoms with Gasteiger partial charge < -0.3 is 10.2 Å². The Morgan fingerprint density at radius 1 is 1.47 bits per heavy atom. The highest BCUT2D eigenvalue weighted by molar-refractivity contribution is 6.34. The highest BCUT2D eigenvalue weighted by atomic mass is 35.5. The maximum absolute atomic E-state index is 13.4. The van der Waals surface area contributed by atoms with Crippen molar-refractivity contribution >= 4 is 17.5 Å². The van der Waals surface area contributed by atoms with Crippen molar-refractivity contribution in [1.29, 1.82) is 0 Å². The number of halogens is 2. The minimum absolute atomic E-state index is 0.0788. The molecule has 1 aromatic rings. The molecule has 0 aliphatic carbocycles. The molecule has 0 unspecified atom stereocenters. The summed E-state index contributed by atoms with van der Waals surface area (Å²) in [6.45, 7) is 2.39. The summed E-state index contributed by atoms with van der Waals surface area (Å²) in [5, 5.41) is 3.08. The summed E-state index contributed by atoms with van der Waals surface area (Å²) in [7, 11) is 1.93. The van der Waals surface area contributed by atoms with E-state index in [2.05, 4.69) is 5.32 Å². The smallest absolute Gasteiger partial charge is 0.255 e. The first-order valence-corrected chi connectivity index (χ1v) is 6.89. The molecule has 1 fully saturated rings. The number of nitrogens with one attached hydrogen (secondary N) is 1. The lowest BCUT2D eigenvalue weighted by Gasteiger charge is -2.32. The average Bonchev–Trinajstić information content (AvgIpc) is 2.42. The Morgan fingerprint density at radius 3 is 2.79 bits per heavy atom. The molecule has 0 spiro atoms. The third-order valence-corrected chi connectivity index (χ3v) is 3.96. The molecule has 0 aromatic heterocycles. The molecular weight excluding hydrogens is 267 g/mol. The molecule has 104 valence electrons. The maximum atomic E-state index is 13.4. The third-order valence-electron chi connectivity index (χ3n) is 3.58. The van der Waals surface area contributed by atoms with Gasteiger partial charge in [-0.25, -0.2) is 4.39 Å². The first-order chi connectivity index (χ1) is 9.13. The second-order valence-electron chi connectivity index (χ2n) is 4.89. The Labute approximate surface area is 117 Å². The van der Waals surface area contributed by atoms with Gasteiger partial charge in [0, 0.05) is 13.1 Å². The van der Waals surface area contributed by atoms with Crippen LogP contribution in [0, 0.1) is 11.7 Å². The highest BCUT2D eigenvalue weighted by Crippen LogP contribution is 2.24. The molecule has 1 saturated heterocycles. The number of nitrogens with zero attached hydrogens (tertiary/aromatic N) is 1. The van der Waals surface area contributed by atoms with Crippen molar-refractivity contribution in [2.75, 3.05) is 26.7 Å². The molecule has 3 nitrogen and oxygen atoms in total. The van der Waals surface area contributed by atoms with Crippen LogP contribution >= 0.6 is 11.6 Å². The number of rotatable bonds is 3. The van der Waals surface area contributed by atoms with E-state index in [0.29, 0.717) is 19.0 Å². The number of carbonyl (C=O) groups excluding carboxylic acids is 1. The van der Waals surface area contributed by atoms with E-state index in [-0.39, 0.29) is 16.5 Å². The minimum atomic E-state index is -0.544. The van der Waals surface area contributed by atoms with Gasteiger partial charge in [0.15, 0.2) is 0 Å². The Hall–Kier alpha value is -1.13. The van der Waals surface area contributed by atoms with E-state index < -0.39 is 5.82 Å². The van der Waals surface area contributed by atoms with Crippen molar-refractivity contribution in [3.05, 3.63) is 34.6 Å². The quantitative estimate of drug-likeness (QED) is 0.925. The monoisotopic (exact) mass is 284 g/mol. The first kappa shape index (κ1) is 14.3. The molecule has 5 heteroatoms. The zero-order valence-corrected chi connectivity index (χ0v) is 11.7. The van der Waals surface area contributed by atoms with Crippen LogP contribution < -0.4 is 5.32 Å². The molecule has 0 saturated carbocycles. The van der Waals surface area contributed by atoms with Crippen LogP contribution in [0.15, 0.2) is 18.2 Å². The predicted molar refractivity (Wildman–Crippen MR) is 74.0 cm³/mol. The van der Waals surface area contributed by atoms with E-state index >= 15 is 0 Å². The van der Waals surface area contributed by atoms with E-state index in [0.717, 1.165) is 19.4 Å². The zero-order chi connectivity index (χ0) is 13.8. The number of likely N-dealkylation sites (tertiary alicyclic amines) is 1. The van der Waals surface area contributed by atoms with Crippen LogP contribution in [0.4, 0.5) is 4.39 Å². The van der Waals surface area contributed by atoms with Crippen LogP contribution in [0.1, 0.15) is 23.2 Å². The molecule has 0 bridgehead atoms. The molecule has 1 heterocycles. The molecule has 19 heavy (non-hydrogen) atoms. The van der Waals surface area contributed by atoms with Gasteiger partial charge in [-0.1, -0.05) is 17.7 Å². The summed E-state index contributed by atoms with van der Waals surface area (Å²) in [6.07, 6.45) is 1.94. The number of carbonyl (C=O) groups is 1. The van der Waals surface area contributed by atoms with Gasteiger partial charge in [-0.15, -0.1) is 0 Å². The molecule has 0 radical (unpaired) electrons. The number of piperidine rings is 1. The molecule has 2 rings (SSSR count). The summed E-state index contributed by atoms with van der Waals surface area (Å²) in [5.74, 6) is -0.109. The third kappa shape index (κ3) is 3.25. The van der Waals surface area contributed by atoms with Gasteiger partial charge in [-0.2, -0.15) is 0 Å². The van der Waals surface area contributed by atoms with Gasteiger partial charge in [0.2, 0.25) is 0 Å². The van der Waals surface area contributed by atoms with Crippen molar-refractivity contribution in [2.24, 2.45) is 5.92 Å². The van der Waals surface area contributed by atoms with Crippen molar-refractivity contribution in [3.63, 3.8) is 0 Å². The standard InChI is InChI=1S/C14H18ClFN2O/c1-17-9-10-5-7-18(8-6-10)14(19)11-3-2-4-12(16)13(11)15/h2-4,10,17H,5-9H2,1H3. The summed E-state index contributed by atoms with van der Waals surface area (Å²) < 4.78 is 13.4. The van der Waals surface area contributed by atoms with Crippen molar-refractivity contribution in [3.8, 4) is 0 Å². The van der Waals surface area contributed by atoms with Gasteiger partial charge in [-0.05, 0) is 44.5 Å². The lowest BCUT2D eigenvalue weighted by molar-refractivity contribution is 0.0690. The Bertz CT molecular complexity index is 459. The fourth-order valence-corrected chi connectivity index (χ4v) is 2.67. The molecule has 0 atom stereocenters. The van der Waals surface area contributed by atoms with Crippen molar-refractivity contribution in [1.82, 2.24) is 10.2 Å². The first-order valence-electron chi connectivity index (χ1n) is 6.51. The summed E-state index contributed by atoms with van der Waals surface area (Å²) in [5.41, 5.74) is 0.258. The van der Waals surface area contributed by atoms with Crippen molar-refractivity contribution in [2.45, 2.75) is 12.8 Å². The van der Waals surface area contributed by atoms with Crippen LogP contribution in [-0.4, -0.2) is 37.5 Å². The molecule has 1 aliphatic rings. The summed E-state index contributed by atoms with van der Waals surface area (Å²) >= 11 is 5.85. The maximum Gasteiger partial charge on any atom is 0.255 e. The van der Waals surface area contributed by atoms with Crippen molar-refractivity contribution < 1.29 is 9.18 Å². The van der Waals surface area contributed by atoms with Crippen LogP contribution in [0.3, 0.4) is 0 Å². The summed E-state index contributed by atoms with van der Waals surface area (Å²) in [6, 6.07) is 4.36. The average molecular weight is 285 g/mol. The van der Waals surface area contributed by atoms with Gasteiger partial charge in [0.1, 0.15) is 5.82 Å². The minimum Gasteiger partial charge on any atom is -0.339 e. The van der Waals surface area contributed by atoms with Crippen LogP contribution in [0.25, 0.3) is 0 Å². The molecule has 1 amide bonds. The SMILES string of the molecule is CNCC1CCN(C(=O)c2cccc(F)c2Cl)CC1. The van der Waals surface area contributed by atoms with E-state index in [1.165, 1.54) is 12.1 Å². The van der Waals surface area contributed by atoms with Gasteiger partial charge in [0.05, 0.1) is 10.6 Å². The second kappa shape index (κ2) is 6.35. The normalized spacial score (nSPS) is 16.7. The van der Waals surface area contributed by atoms with E-state index in [1.54, 1.807) is 11.0 Å². The topological polar surface area (TPSA) is 32.3 Å². The lowest BCUT2D eigenvalue weighted by atomic mass is 9.96. The number of amides is 1. The van der Waals surface area contributed by atoms with E-state index in [9.17, 15) is 9.18 Å².